The molecule has 2 atom stereocenters. The number of amides is 3. The topological polar surface area (TPSA) is 108 Å². The van der Waals surface area contributed by atoms with Crippen molar-refractivity contribution >= 4 is 29.7 Å². The van der Waals surface area contributed by atoms with E-state index in [9.17, 15) is 19.5 Å². The number of nitrogens with one attached hydrogen (secondary N) is 2. The van der Waals surface area contributed by atoms with Gasteiger partial charge < -0.3 is 25.4 Å². The van der Waals surface area contributed by atoms with Crippen molar-refractivity contribution in [1.29, 1.82) is 0 Å². The number of carbonyl (C=O) groups excluding carboxylic acids is 3. The van der Waals surface area contributed by atoms with Crippen LogP contribution in [-0.2, 0) is 14.3 Å². The predicted octanol–water partition coefficient (Wildman–Crippen LogP) is 4.26. The second kappa shape index (κ2) is 14.6. The molecule has 0 aliphatic heterocycles. The summed E-state index contributed by atoms with van der Waals surface area (Å²) < 4.78 is 5.41. The number of hydrogen-bond acceptors (Lipinski definition) is 6. The highest BCUT2D eigenvalue weighted by Crippen LogP contribution is 2.28. The first-order valence-electron chi connectivity index (χ1n) is 13.2. The van der Waals surface area contributed by atoms with Crippen molar-refractivity contribution in [2.45, 2.75) is 96.9 Å². The lowest BCUT2D eigenvalue weighted by atomic mass is 9.93. The Morgan fingerprint density at radius 1 is 1.16 bits per heavy atom. The largest absolute Gasteiger partial charge is 0.444 e. The van der Waals surface area contributed by atoms with Gasteiger partial charge in [-0.15, -0.1) is 0 Å². The molecular weight excluding hydrogens is 490 g/mol. The summed E-state index contributed by atoms with van der Waals surface area (Å²) in [7, 11) is 0. The number of nitrogens with zero attached hydrogens (tertiary/aromatic N) is 1. The average Bonchev–Trinajstić information content (AvgIpc) is 2.81. The smallest absolute Gasteiger partial charge is 0.408 e. The number of carbonyl (C=O) groups is 3. The summed E-state index contributed by atoms with van der Waals surface area (Å²) in [6, 6.07) is 4.03. The number of ether oxygens (including phenoxy) is 1. The molecule has 8 nitrogen and oxygen atoms in total. The number of aliphatic hydroxyl groups excluding tert-OH is 1. The van der Waals surface area contributed by atoms with Crippen LogP contribution in [0.25, 0.3) is 0 Å². The Morgan fingerprint density at radius 2 is 1.84 bits per heavy atom. The van der Waals surface area contributed by atoms with Gasteiger partial charge in [0.1, 0.15) is 17.7 Å². The minimum atomic E-state index is -0.931. The van der Waals surface area contributed by atoms with Gasteiger partial charge in [0.2, 0.25) is 11.8 Å². The molecule has 1 saturated carbocycles. The number of rotatable bonds is 11. The van der Waals surface area contributed by atoms with Crippen LogP contribution in [0, 0.1) is 13.8 Å². The molecule has 3 amide bonds. The third-order valence-electron chi connectivity index (χ3n) is 6.46. The molecule has 208 valence electrons. The Hall–Kier alpha value is -2.26. The van der Waals surface area contributed by atoms with Gasteiger partial charge in [0.15, 0.2) is 0 Å². The van der Waals surface area contributed by atoms with Crippen molar-refractivity contribution in [3.05, 3.63) is 34.9 Å². The Bertz CT molecular complexity index is 912. The molecule has 0 radical (unpaired) electrons. The van der Waals surface area contributed by atoms with Crippen molar-refractivity contribution in [3.63, 3.8) is 0 Å². The SMILES string of the molecule is CSCCC(NC(=O)OC(C)(C)C)C(=O)N(CCO)C(C(=O)NC1CCCCC1)c1ccc(C)cc1C. The fourth-order valence-corrected chi connectivity index (χ4v) is 5.20. The number of thioether (sulfide) groups is 1. The molecule has 0 saturated heterocycles. The molecule has 0 heterocycles. The lowest BCUT2D eigenvalue weighted by molar-refractivity contribution is -0.143. The molecular formula is C28H45N3O5S. The van der Waals surface area contributed by atoms with Crippen LogP contribution in [0.4, 0.5) is 4.79 Å². The minimum absolute atomic E-state index is 0.0410. The molecule has 0 bridgehead atoms. The van der Waals surface area contributed by atoms with Gasteiger partial charge in [-0.25, -0.2) is 4.79 Å². The molecule has 2 unspecified atom stereocenters. The zero-order valence-corrected chi connectivity index (χ0v) is 24.1. The second-order valence-corrected chi connectivity index (χ2v) is 11.8. The van der Waals surface area contributed by atoms with Crippen molar-refractivity contribution in [2.24, 2.45) is 0 Å². The highest BCUT2D eigenvalue weighted by molar-refractivity contribution is 7.98. The lowest BCUT2D eigenvalue weighted by Crippen LogP contribution is -2.54. The maximum absolute atomic E-state index is 14.0. The van der Waals surface area contributed by atoms with E-state index in [0.717, 1.165) is 43.2 Å². The average molecular weight is 536 g/mol. The lowest BCUT2D eigenvalue weighted by Gasteiger charge is -2.36. The van der Waals surface area contributed by atoms with Crippen LogP contribution in [0.15, 0.2) is 18.2 Å². The fourth-order valence-electron chi connectivity index (χ4n) is 4.73. The molecule has 3 N–H and O–H groups in total. The van der Waals surface area contributed by atoms with Crippen molar-refractivity contribution in [1.82, 2.24) is 15.5 Å². The second-order valence-electron chi connectivity index (χ2n) is 10.8. The number of aliphatic hydroxyl groups is 1. The van der Waals surface area contributed by atoms with Gasteiger partial charge in [-0.3, -0.25) is 9.59 Å². The first-order chi connectivity index (χ1) is 17.5. The van der Waals surface area contributed by atoms with Crippen LogP contribution >= 0.6 is 11.8 Å². The maximum atomic E-state index is 14.0. The van der Waals surface area contributed by atoms with E-state index in [1.54, 1.807) is 32.5 Å². The van der Waals surface area contributed by atoms with Crippen LogP contribution in [0.1, 0.15) is 82.0 Å². The van der Waals surface area contributed by atoms with Gasteiger partial charge in [-0.1, -0.05) is 43.0 Å². The molecule has 1 aromatic rings. The van der Waals surface area contributed by atoms with E-state index in [2.05, 4.69) is 10.6 Å². The highest BCUT2D eigenvalue weighted by atomic mass is 32.2. The summed E-state index contributed by atoms with van der Waals surface area (Å²) in [4.78, 5) is 41.8. The normalized spacial score (nSPS) is 16.0. The Kier molecular flexibility index (Phi) is 12.2. The zero-order valence-electron chi connectivity index (χ0n) is 23.3. The van der Waals surface area contributed by atoms with Gasteiger partial charge >= 0.3 is 6.09 Å². The Balaban J connectivity index is 2.44. The summed E-state index contributed by atoms with van der Waals surface area (Å²) in [6.45, 7) is 8.83. The molecule has 1 aliphatic carbocycles. The van der Waals surface area contributed by atoms with Gasteiger partial charge in [0.05, 0.1) is 6.61 Å². The molecule has 9 heteroatoms. The monoisotopic (exact) mass is 535 g/mol. The van der Waals surface area contributed by atoms with Crippen LogP contribution in [0.5, 0.6) is 0 Å². The predicted molar refractivity (Wildman–Crippen MR) is 149 cm³/mol. The Morgan fingerprint density at radius 3 is 2.41 bits per heavy atom. The summed E-state index contributed by atoms with van der Waals surface area (Å²) in [5.41, 5.74) is 1.93. The molecule has 0 spiro atoms. The van der Waals surface area contributed by atoms with E-state index >= 15 is 0 Å². The number of hydrogen-bond donors (Lipinski definition) is 3. The van der Waals surface area contributed by atoms with E-state index in [-0.39, 0.29) is 25.1 Å². The number of alkyl carbamates (subject to hydrolysis) is 1. The third-order valence-corrected chi connectivity index (χ3v) is 7.10. The van der Waals surface area contributed by atoms with E-state index in [4.69, 9.17) is 4.74 Å². The first kappa shape index (κ1) is 31.0. The van der Waals surface area contributed by atoms with Crippen LogP contribution < -0.4 is 10.6 Å². The van der Waals surface area contributed by atoms with Crippen molar-refractivity contribution < 1.29 is 24.2 Å². The molecule has 1 aromatic carbocycles. The standard InChI is InChI=1S/C28H45N3O5S/c1-19-12-13-22(20(2)18-19)24(25(33)29-21-10-8-7-9-11-21)31(15-16-32)26(34)23(14-17-37-6)30-27(35)36-28(3,4)5/h12-13,18,21,23-24,32H,7-11,14-17H2,1-6H3,(H,29,33)(H,30,35). The molecule has 37 heavy (non-hydrogen) atoms. The summed E-state index contributed by atoms with van der Waals surface area (Å²) in [6.07, 6.45) is 6.72. The van der Waals surface area contributed by atoms with Crippen molar-refractivity contribution in [2.75, 3.05) is 25.2 Å². The van der Waals surface area contributed by atoms with E-state index in [0.29, 0.717) is 17.7 Å². The van der Waals surface area contributed by atoms with Crippen molar-refractivity contribution in [3.8, 4) is 0 Å². The quantitative estimate of drug-likeness (QED) is 0.391. The number of benzene rings is 1. The summed E-state index contributed by atoms with van der Waals surface area (Å²) in [5.74, 6) is -0.0546. The van der Waals surface area contributed by atoms with Crippen LogP contribution in [-0.4, -0.2) is 70.8 Å². The van der Waals surface area contributed by atoms with E-state index < -0.39 is 29.7 Å². The van der Waals surface area contributed by atoms with Crippen LogP contribution in [0.3, 0.4) is 0 Å². The minimum Gasteiger partial charge on any atom is -0.444 e. The zero-order chi connectivity index (χ0) is 27.6. The molecule has 0 aromatic heterocycles. The summed E-state index contributed by atoms with van der Waals surface area (Å²) >= 11 is 1.56. The van der Waals surface area contributed by atoms with Gasteiger partial charge in [-0.2, -0.15) is 11.8 Å². The molecule has 1 aliphatic rings. The van der Waals surface area contributed by atoms with Crippen LogP contribution in [0.2, 0.25) is 0 Å². The maximum Gasteiger partial charge on any atom is 0.408 e. The molecule has 2 rings (SSSR count). The van der Waals surface area contributed by atoms with E-state index in [1.165, 1.54) is 4.90 Å². The summed E-state index contributed by atoms with van der Waals surface area (Å²) in [5, 5.41) is 15.8. The third kappa shape index (κ3) is 9.85. The first-order valence-corrected chi connectivity index (χ1v) is 14.6. The van der Waals surface area contributed by atoms with E-state index in [1.807, 2.05) is 38.3 Å². The Labute approximate surface area is 226 Å². The van der Waals surface area contributed by atoms with Gasteiger partial charge in [0.25, 0.3) is 0 Å². The molecule has 1 fully saturated rings. The van der Waals surface area contributed by atoms with Gasteiger partial charge in [0, 0.05) is 12.6 Å². The highest BCUT2D eigenvalue weighted by Gasteiger charge is 2.37. The van der Waals surface area contributed by atoms with Gasteiger partial charge in [-0.05, 0) is 77.0 Å². The number of aryl methyl sites for hydroxylation is 2. The fraction of sp³-hybridized carbons (Fsp3) is 0.679.